The molecule has 0 saturated carbocycles. The Labute approximate surface area is 76.8 Å². The van der Waals surface area contributed by atoms with Crippen LogP contribution >= 0.6 is 0 Å². The minimum Gasteiger partial charge on any atom is -0.467 e. The second kappa shape index (κ2) is 2.72. The number of hydrogen-bond donors (Lipinski definition) is 0. The molecule has 0 unspecified atom stereocenters. The van der Waals surface area contributed by atoms with E-state index in [0.717, 1.165) is 12.8 Å². The lowest BCUT2D eigenvalue weighted by Gasteiger charge is -2.43. The number of esters is 1. The first-order valence-corrected chi connectivity index (χ1v) is 4.57. The number of ether oxygens (including phenoxy) is 1. The summed E-state index contributed by atoms with van der Waals surface area (Å²) in [5.74, 6) is -0.0738. The number of fused-ring (bicyclic) bond motifs is 1. The largest absolute Gasteiger partial charge is 0.467 e. The van der Waals surface area contributed by atoms with Gasteiger partial charge in [-0.3, -0.25) is 4.79 Å². The number of carbonyl (C=O) groups is 2. The first-order valence-electron chi connectivity index (χ1n) is 4.57. The smallest absolute Gasteiger partial charge is 0.328 e. The van der Waals surface area contributed by atoms with E-state index in [1.807, 2.05) is 6.92 Å². The molecule has 0 aliphatic carbocycles. The molecule has 72 valence electrons. The zero-order chi connectivity index (χ0) is 9.59. The molecule has 2 fully saturated rings. The Bertz CT molecular complexity index is 256. The summed E-state index contributed by atoms with van der Waals surface area (Å²) in [5, 5.41) is 0. The van der Waals surface area contributed by atoms with Gasteiger partial charge in [0.1, 0.15) is 6.04 Å². The minimum atomic E-state index is -0.307. The van der Waals surface area contributed by atoms with Crippen molar-refractivity contribution in [1.82, 2.24) is 4.90 Å². The van der Waals surface area contributed by atoms with Crippen LogP contribution in [0.2, 0.25) is 0 Å². The molecule has 4 heteroatoms. The monoisotopic (exact) mass is 183 g/mol. The SMILES string of the molecule is COC(=O)[C@H]1CC[C@H]2[C@H](C)C(=O)N12. The van der Waals surface area contributed by atoms with Gasteiger partial charge in [0.05, 0.1) is 13.0 Å². The first-order chi connectivity index (χ1) is 6.16. The van der Waals surface area contributed by atoms with Gasteiger partial charge in [-0.1, -0.05) is 6.92 Å². The number of amides is 1. The normalized spacial score (nSPS) is 36.9. The molecule has 2 heterocycles. The maximum atomic E-state index is 11.4. The summed E-state index contributed by atoms with van der Waals surface area (Å²) >= 11 is 0. The standard InChI is InChI=1S/C9H13NO3/c1-5-6-3-4-7(9(12)13-2)10(6)8(5)11/h5-7H,3-4H2,1-2H3/t5-,6-,7+/m0/s1. The van der Waals surface area contributed by atoms with Crippen LogP contribution < -0.4 is 0 Å². The Morgan fingerprint density at radius 3 is 2.85 bits per heavy atom. The molecule has 2 aliphatic rings. The predicted molar refractivity (Wildman–Crippen MR) is 44.8 cm³/mol. The summed E-state index contributed by atoms with van der Waals surface area (Å²) in [4.78, 5) is 24.3. The number of β-lactam (4-membered cyclic amide) rings is 1. The first kappa shape index (κ1) is 8.53. The highest BCUT2D eigenvalue weighted by atomic mass is 16.5. The molecule has 2 rings (SSSR count). The Morgan fingerprint density at radius 2 is 2.23 bits per heavy atom. The molecule has 0 spiro atoms. The van der Waals surface area contributed by atoms with Crippen molar-refractivity contribution in [3.8, 4) is 0 Å². The molecular weight excluding hydrogens is 170 g/mol. The molecule has 0 aromatic carbocycles. The van der Waals surface area contributed by atoms with Crippen LogP contribution in [0.15, 0.2) is 0 Å². The molecule has 0 N–H and O–H groups in total. The average molecular weight is 183 g/mol. The van der Waals surface area contributed by atoms with Gasteiger partial charge >= 0.3 is 5.97 Å². The highest BCUT2D eigenvalue weighted by Crippen LogP contribution is 2.39. The third-order valence-corrected chi connectivity index (χ3v) is 3.12. The van der Waals surface area contributed by atoms with Crippen molar-refractivity contribution in [3.05, 3.63) is 0 Å². The zero-order valence-corrected chi connectivity index (χ0v) is 7.82. The second-order valence-electron chi connectivity index (χ2n) is 3.72. The van der Waals surface area contributed by atoms with Gasteiger partial charge in [0.25, 0.3) is 0 Å². The lowest BCUT2D eigenvalue weighted by Crippen LogP contribution is -2.60. The molecule has 3 atom stereocenters. The molecule has 0 radical (unpaired) electrons. The third kappa shape index (κ3) is 0.975. The van der Waals surface area contributed by atoms with Crippen LogP contribution in [0.1, 0.15) is 19.8 Å². The molecule has 2 saturated heterocycles. The summed E-state index contributed by atoms with van der Waals surface area (Å²) in [6.45, 7) is 1.92. The molecule has 1 amide bonds. The van der Waals surface area contributed by atoms with Crippen LogP contribution in [0.3, 0.4) is 0 Å². The fourth-order valence-electron chi connectivity index (χ4n) is 2.33. The number of nitrogens with zero attached hydrogens (tertiary/aromatic N) is 1. The highest BCUT2D eigenvalue weighted by Gasteiger charge is 2.53. The van der Waals surface area contributed by atoms with E-state index in [2.05, 4.69) is 4.74 Å². The third-order valence-electron chi connectivity index (χ3n) is 3.12. The Morgan fingerprint density at radius 1 is 1.54 bits per heavy atom. The van der Waals surface area contributed by atoms with Crippen molar-refractivity contribution in [2.24, 2.45) is 5.92 Å². The number of carbonyl (C=O) groups excluding carboxylic acids is 2. The average Bonchev–Trinajstić information content (AvgIpc) is 2.56. The summed E-state index contributed by atoms with van der Waals surface area (Å²) in [6, 6.07) is -0.0182. The van der Waals surface area contributed by atoms with Gasteiger partial charge in [-0.25, -0.2) is 4.79 Å². The van der Waals surface area contributed by atoms with E-state index >= 15 is 0 Å². The maximum Gasteiger partial charge on any atom is 0.328 e. The summed E-state index contributed by atoms with van der Waals surface area (Å²) in [7, 11) is 1.36. The molecular formula is C9H13NO3. The van der Waals surface area contributed by atoms with E-state index in [0.29, 0.717) is 0 Å². The van der Waals surface area contributed by atoms with Gasteiger partial charge in [0, 0.05) is 6.04 Å². The van der Waals surface area contributed by atoms with Gasteiger partial charge in [-0.05, 0) is 12.8 Å². The van der Waals surface area contributed by atoms with Crippen molar-refractivity contribution < 1.29 is 14.3 Å². The van der Waals surface area contributed by atoms with E-state index < -0.39 is 0 Å². The van der Waals surface area contributed by atoms with Gasteiger partial charge < -0.3 is 9.64 Å². The predicted octanol–water partition coefficient (Wildman–Crippen LogP) is 0.169. The topological polar surface area (TPSA) is 46.6 Å². The van der Waals surface area contributed by atoms with Crippen molar-refractivity contribution in [2.75, 3.05) is 7.11 Å². The van der Waals surface area contributed by atoms with Gasteiger partial charge in [-0.2, -0.15) is 0 Å². The molecule has 0 bridgehead atoms. The summed E-state index contributed by atoms with van der Waals surface area (Å²) in [5.41, 5.74) is 0. The van der Waals surface area contributed by atoms with E-state index in [9.17, 15) is 9.59 Å². The number of rotatable bonds is 1. The van der Waals surface area contributed by atoms with Crippen LogP contribution in [-0.4, -0.2) is 36.0 Å². The molecule has 4 nitrogen and oxygen atoms in total. The van der Waals surface area contributed by atoms with Crippen LogP contribution in [0.4, 0.5) is 0 Å². The summed E-state index contributed by atoms with van der Waals surface area (Å²) < 4.78 is 4.64. The van der Waals surface area contributed by atoms with Crippen molar-refractivity contribution in [2.45, 2.75) is 31.8 Å². The van der Waals surface area contributed by atoms with Crippen LogP contribution in [0, 0.1) is 5.92 Å². The van der Waals surface area contributed by atoms with E-state index in [4.69, 9.17) is 0 Å². The van der Waals surface area contributed by atoms with E-state index in [-0.39, 0.29) is 29.9 Å². The Hall–Kier alpha value is -1.06. The lowest BCUT2D eigenvalue weighted by molar-refractivity contribution is -0.164. The van der Waals surface area contributed by atoms with Gasteiger partial charge in [0.15, 0.2) is 0 Å². The van der Waals surface area contributed by atoms with Gasteiger partial charge in [0.2, 0.25) is 5.91 Å². The van der Waals surface area contributed by atoms with Gasteiger partial charge in [-0.15, -0.1) is 0 Å². The fraction of sp³-hybridized carbons (Fsp3) is 0.778. The van der Waals surface area contributed by atoms with Crippen molar-refractivity contribution >= 4 is 11.9 Å². The molecule has 0 aromatic heterocycles. The van der Waals surface area contributed by atoms with Crippen LogP contribution in [0.5, 0.6) is 0 Å². The van der Waals surface area contributed by atoms with Crippen LogP contribution in [0.25, 0.3) is 0 Å². The zero-order valence-electron chi connectivity index (χ0n) is 7.82. The van der Waals surface area contributed by atoms with E-state index in [1.54, 1.807) is 4.90 Å². The highest BCUT2D eigenvalue weighted by molar-refractivity contribution is 5.91. The maximum absolute atomic E-state index is 11.4. The van der Waals surface area contributed by atoms with E-state index in [1.165, 1.54) is 7.11 Å². The minimum absolute atomic E-state index is 0.0953. The molecule has 13 heavy (non-hydrogen) atoms. The number of hydrogen-bond acceptors (Lipinski definition) is 3. The number of methoxy groups -OCH3 is 1. The quantitative estimate of drug-likeness (QED) is 0.430. The molecule has 2 aliphatic heterocycles. The Kier molecular flexibility index (Phi) is 1.78. The fourth-order valence-corrected chi connectivity index (χ4v) is 2.33. The van der Waals surface area contributed by atoms with Crippen LogP contribution in [-0.2, 0) is 14.3 Å². The summed E-state index contributed by atoms with van der Waals surface area (Å²) in [6.07, 6.45) is 1.69. The van der Waals surface area contributed by atoms with Crippen molar-refractivity contribution in [1.29, 1.82) is 0 Å². The second-order valence-corrected chi connectivity index (χ2v) is 3.72. The molecule has 0 aromatic rings. The Balaban J connectivity index is 2.11. The lowest BCUT2D eigenvalue weighted by atomic mass is 9.90. The van der Waals surface area contributed by atoms with Crippen molar-refractivity contribution in [3.63, 3.8) is 0 Å².